The van der Waals surface area contributed by atoms with E-state index < -0.39 is 0 Å². The molecule has 0 saturated carbocycles. The Morgan fingerprint density at radius 1 is 0.800 bits per heavy atom. The SMILES string of the molecule is CCCCCCCCCCCCOCCOC(C)=O.[H-].[Na+]. The maximum absolute atomic E-state index is 10.5. The van der Waals surface area contributed by atoms with Gasteiger partial charge in [0.1, 0.15) is 6.61 Å². The average Bonchev–Trinajstić information content (AvgIpc) is 2.39. The summed E-state index contributed by atoms with van der Waals surface area (Å²) in [6, 6.07) is 0. The minimum Gasteiger partial charge on any atom is -1.00 e. The molecule has 0 spiro atoms. The van der Waals surface area contributed by atoms with E-state index in [0.29, 0.717) is 13.2 Å². The molecule has 0 N–H and O–H groups in total. The molecule has 116 valence electrons. The van der Waals surface area contributed by atoms with Crippen LogP contribution in [0.3, 0.4) is 0 Å². The molecule has 0 atom stereocenters. The molecule has 0 aromatic carbocycles. The summed E-state index contributed by atoms with van der Waals surface area (Å²) in [7, 11) is 0. The summed E-state index contributed by atoms with van der Waals surface area (Å²) >= 11 is 0. The van der Waals surface area contributed by atoms with Gasteiger partial charge in [-0.2, -0.15) is 0 Å². The topological polar surface area (TPSA) is 35.5 Å². The van der Waals surface area contributed by atoms with Crippen molar-refractivity contribution in [3.63, 3.8) is 0 Å². The molecule has 0 aliphatic rings. The molecule has 0 heterocycles. The van der Waals surface area contributed by atoms with Crippen LogP contribution in [0, 0.1) is 0 Å². The van der Waals surface area contributed by atoms with Crippen LogP contribution in [0.15, 0.2) is 0 Å². The van der Waals surface area contributed by atoms with Crippen molar-refractivity contribution in [3.8, 4) is 0 Å². The van der Waals surface area contributed by atoms with Crippen molar-refractivity contribution in [2.75, 3.05) is 19.8 Å². The van der Waals surface area contributed by atoms with E-state index >= 15 is 0 Å². The second kappa shape index (κ2) is 19.4. The minimum absolute atomic E-state index is 0. The second-order valence-electron chi connectivity index (χ2n) is 5.13. The summed E-state index contributed by atoms with van der Waals surface area (Å²) < 4.78 is 10.2. The zero-order chi connectivity index (χ0) is 14.2. The fourth-order valence-electron chi connectivity index (χ4n) is 2.04. The Balaban J connectivity index is -0.00000162. The molecule has 0 amide bonds. The molecular weight excluding hydrogens is 263 g/mol. The van der Waals surface area contributed by atoms with Gasteiger partial charge in [-0.05, 0) is 6.42 Å². The van der Waals surface area contributed by atoms with Gasteiger partial charge in [0.2, 0.25) is 0 Å². The van der Waals surface area contributed by atoms with E-state index in [1.54, 1.807) is 0 Å². The Hall–Kier alpha value is 0.430. The molecule has 0 aromatic heterocycles. The number of rotatable bonds is 14. The Kier molecular flexibility index (Phi) is 22.1. The summed E-state index contributed by atoms with van der Waals surface area (Å²) in [5, 5.41) is 0. The van der Waals surface area contributed by atoms with Gasteiger partial charge < -0.3 is 10.9 Å². The molecule has 0 saturated heterocycles. The van der Waals surface area contributed by atoms with Gasteiger partial charge >= 0.3 is 35.5 Å². The third-order valence-corrected chi connectivity index (χ3v) is 3.18. The van der Waals surface area contributed by atoms with E-state index in [1.165, 1.54) is 64.7 Å². The Morgan fingerprint density at radius 3 is 1.80 bits per heavy atom. The van der Waals surface area contributed by atoms with Gasteiger partial charge in [0, 0.05) is 13.5 Å². The summed E-state index contributed by atoms with van der Waals surface area (Å²) in [5.74, 6) is -0.234. The molecule has 0 bridgehead atoms. The van der Waals surface area contributed by atoms with Gasteiger partial charge in [0.25, 0.3) is 0 Å². The minimum atomic E-state index is -0.234. The van der Waals surface area contributed by atoms with Crippen LogP contribution in [0.2, 0.25) is 0 Å². The number of ether oxygens (including phenoxy) is 2. The van der Waals surface area contributed by atoms with Gasteiger partial charge in [-0.1, -0.05) is 64.7 Å². The first-order valence-electron chi connectivity index (χ1n) is 7.98. The quantitative estimate of drug-likeness (QED) is 0.277. The standard InChI is InChI=1S/C16H32O3.Na.H/c1-3-4-5-6-7-8-9-10-11-12-13-18-14-15-19-16(2)17;;/h3-15H2,1-2H3;;/q;+1;-1. The van der Waals surface area contributed by atoms with Crippen LogP contribution in [0.4, 0.5) is 0 Å². The third kappa shape index (κ3) is 20.7. The normalized spacial score (nSPS) is 10.1. The van der Waals surface area contributed by atoms with Gasteiger partial charge in [0.15, 0.2) is 0 Å². The molecule has 0 aromatic rings. The Bertz CT molecular complexity index is 204. The fourth-order valence-corrected chi connectivity index (χ4v) is 2.04. The van der Waals surface area contributed by atoms with Crippen molar-refractivity contribution in [2.24, 2.45) is 0 Å². The van der Waals surface area contributed by atoms with Crippen LogP contribution >= 0.6 is 0 Å². The predicted octanol–water partition coefficient (Wildman–Crippen LogP) is 1.60. The fraction of sp³-hybridized carbons (Fsp3) is 0.938. The van der Waals surface area contributed by atoms with Gasteiger partial charge in [-0.25, -0.2) is 0 Å². The predicted molar refractivity (Wildman–Crippen MR) is 80.4 cm³/mol. The van der Waals surface area contributed by atoms with Crippen LogP contribution in [-0.2, 0) is 14.3 Å². The van der Waals surface area contributed by atoms with E-state index in [4.69, 9.17) is 9.47 Å². The molecule has 0 fully saturated rings. The molecule has 20 heavy (non-hydrogen) atoms. The maximum atomic E-state index is 10.5. The third-order valence-electron chi connectivity index (χ3n) is 3.18. The first-order valence-corrected chi connectivity index (χ1v) is 7.98. The van der Waals surface area contributed by atoms with Gasteiger partial charge in [-0.15, -0.1) is 0 Å². The van der Waals surface area contributed by atoms with Crippen LogP contribution < -0.4 is 29.6 Å². The van der Waals surface area contributed by atoms with E-state index in [9.17, 15) is 4.79 Å². The first-order chi connectivity index (χ1) is 9.27. The van der Waals surface area contributed by atoms with Crippen molar-refractivity contribution in [1.29, 1.82) is 0 Å². The Morgan fingerprint density at radius 2 is 1.30 bits per heavy atom. The van der Waals surface area contributed by atoms with Gasteiger partial charge in [-0.3, -0.25) is 4.79 Å². The smallest absolute Gasteiger partial charge is 1.00 e. The van der Waals surface area contributed by atoms with Crippen molar-refractivity contribution in [2.45, 2.75) is 78.1 Å². The van der Waals surface area contributed by atoms with E-state index in [0.717, 1.165) is 13.0 Å². The van der Waals surface area contributed by atoms with E-state index in [-0.39, 0.29) is 37.0 Å². The number of hydrogen-bond acceptors (Lipinski definition) is 3. The summed E-state index contributed by atoms with van der Waals surface area (Å²) in [4.78, 5) is 10.5. The molecule has 0 rings (SSSR count). The molecule has 0 aliphatic heterocycles. The van der Waals surface area contributed by atoms with Crippen LogP contribution in [-0.4, -0.2) is 25.8 Å². The van der Waals surface area contributed by atoms with Crippen LogP contribution in [0.1, 0.15) is 79.5 Å². The average molecular weight is 296 g/mol. The number of esters is 1. The van der Waals surface area contributed by atoms with Crippen molar-refractivity contribution in [1.82, 2.24) is 0 Å². The van der Waals surface area contributed by atoms with Crippen LogP contribution in [0.5, 0.6) is 0 Å². The van der Waals surface area contributed by atoms with E-state index in [1.807, 2.05) is 0 Å². The van der Waals surface area contributed by atoms with E-state index in [2.05, 4.69) is 6.92 Å². The monoisotopic (exact) mass is 296 g/mol. The number of carbonyl (C=O) groups excluding carboxylic acids is 1. The Labute approximate surface area is 149 Å². The largest absolute Gasteiger partial charge is 1.00 e. The van der Waals surface area contributed by atoms with Crippen molar-refractivity contribution in [3.05, 3.63) is 0 Å². The summed E-state index contributed by atoms with van der Waals surface area (Å²) in [6.07, 6.45) is 13.4. The van der Waals surface area contributed by atoms with Crippen molar-refractivity contribution < 1.29 is 45.3 Å². The number of unbranched alkanes of at least 4 members (excludes halogenated alkanes) is 9. The number of hydrogen-bond donors (Lipinski definition) is 0. The second-order valence-corrected chi connectivity index (χ2v) is 5.13. The van der Waals surface area contributed by atoms with Crippen molar-refractivity contribution >= 4 is 5.97 Å². The molecular formula is C16H33NaO3. The zero-order valence-electron chi connectivity index (χ0n) is 14.9. The first kappa shape index (κ1) is 22.7. The zero-order valence-corrected chi connectivity index (χ0v) is 15.9. The van der Waals surface area contributed by atoms with Crippen LogP contribution in [0.25, 0.3) is 0 Å². The molecule has 4 heteroatoms. The molecule has 0 radical (unpaired) electrons. The number of carbonyl (C=O) groups is 1. The summed E-state index contributed by atoms with van der Waals surface area (Å²) in [5.41, 5.74) is 0. The van der Waals surface area contributed by atoms with Gasteiger partial charge in [0.05, 0.1) is 6.61 Å². The molecule has 0 unspecified atom stereocenters. The summed E-state index contributed by atoms with van der Waals surface area (Å²) in [6.45, 7) is 5.37. The molecule has 3 nitrogen and oxygen atoms in total. The molecule has 0 aliphatic carbocycles. The maximum Gasteiger partial charge on any atom is 1.00 e.